The van der Waals surface area contributed by atoms with Crippen LogP contribution < -0.4 is 11.1 Å². The van der Waals surface area contributed by atoms with Crippen LogP contribution >= 0.6 is 0 Å². The molecular formula is C12H12N6O2. The topological polar surface area (TPSA) is 123 Å². The molecule has 0 radical (unpaired) electrons. The van der Waals surface area contributed by atoms with Crippen molar-refractivity contribution in [2.75, 3.05) is 17.6 Å². The molecule has 0 amide bonds. The van der Waals surface area contributed by atoms with E-state index < -0.39 is 4.92 Å². The number of nitriles is 1. The number of nitrogens with two attached hydrogens (primary N) is 1. The van der Waals surface area contributed by atoms with Gasteiger partial charge in [-0.1, -0.05) is 0 Å². The van der Waals surface area contributed by atoms with E-state index in [1.54, 1.807) is 0 Å². The number of aromatic nitrogens is 2. The third-order valence-corrected chi connectivity index (χ3v) is 2.68. The first kappa shape index (κ1) is 13.4. The van der Waals surface area contributed by atoms with Crippen molar-refractivity contribution in [1.82, 2.24) is 9.78 Å². The number of benzene rings is 1. The molecule has 0 fully saturated rings. The van der Waals surface area contributed by atoms with E-state index in [0.717, 1.165) is 0 Å². The Kier molecular flexibility index (Phi) is 3.52. The number of hydrogen-bond donors (Lipinski definition) is 2. The van der Waals surface area contributed by atoms with Gasteiger partial charge in [-0.25, -0.2) is 4.68 Å². The molecule has 1 heterocycles. The summed E-state index contributed by atoms with van der Waals surface area (Å²) < 4.78 is 1.38. The molecule has 0 atom stereocenters. The first-order valence-corrected chi connectivity index (χ1v) is 5.85. The number of nitrogens with one attached hydrogen (secondary N) is 1. The average Bonchev–Trinajstić information content (AvgIpc) is 2.75. The fourth-order valence-electron chi connectivity index (χ4n) is 1.74. The second-order valence-electron chi connectivity index (χ2n) is 3.94. The monoisotopic (exact) mass is 272 g/mol. The molecule has 1 aromatic carbocycles. The van der Waals surface area contributed by atoms with Gasteiger partial charge in [0.05, 0.1) is 10.6 Å². The lowest BCUT2D eigenvalue weighted by Gasteiger charge is -2.03. The standard InChI is InChI=1S/C12H12N6O2/c1-2-15-12-10(7-13)11(14)17(16-12)8-3-5-9(6-4-8)18(19)20/h3-6H,2,14H2,1H3,(H,15,16). The molecule has 0 saturated heterocycles. The highest BCUT2D eigenvalue weighted by Gasteiger charge is 2.16. The van der Waals surface area contributed by atoms with Gasteiger partial charge in [0, 0.05) is 18.7 Å². The summed E-state index contributed by atoms with van der Waals surface area (Å²) in [6, 6.07) is 7.75. The first-order chi connectivity index (χ1) is 9.58. The van der Waals surface area contributed by atoms with Crippen LogP contribution in [-0.4, -0.2) is 21.2 Å². The zero-order valence-electron chi connectivity index (χ0n) is 10.7. The summed E-state index contributed by atoms with van der Waals surface area (Å²) >= 11 is 0. The highest BCUT2D eigenvalue weighted by atomic mass is 16.6. The summed E-state index contributed by atoms with van der Waals surface area (Å²) in [4.78, 5) is 10.1. The van der Waals surface area contributed by atoms with Crippen LogP contribution in [0.25, 0.3) is 5.69 Å². The Labute approximate surface area is 114 Å². The molecule has 2 aromatic rings. The molecule has 1 aromatic heterocycles. The van der Waals surface area contributed by atoms with Gasteiger partial charge in [0.15, 0.2) is 5.82 Å². The van der Waals surface area contributed by atoms with E-state index in [2.05, 4.69) is 10.4 Å². The minimum atomic E-state index is -0.485. The molecule has 0 aliphatic rings. The molecule has 8 heteroatoms. The first-order valence-electron chi connectivity index (χ1n) is 5.85. The molecule has 0 aliphatic carbocycles. The van der Waals surface area contributed by atoms with Crippen LogP contribution in [0, 0.1) is 21.4 Å². The van der Waals surface area contributed by atoms with E-state index in [4.69, 9.17) is 11.0 Å². The van der Waals surface area contributed by atoms with Crippen molar-refractivity contribution in [3.63, 3.8) is 0 Å². The molecule has 0 unspecified atom stereocenters. The fourth-order valence-corrected chi connectivity index (χ4v) is 1.74. The predicted octanol–water partition coefficient (Wildman–Crippen LogP) is 1.67. The van der Waals surface area contributed by atoms with E-state index in [-0.39, 0.29) is 17.1 Å². The number of nitrogens with zero attached hydrogens (tertiary/aromatic N) is 4. The van der Waals surface area contributed by atoms with Crippen LogP contribution in [0.5, 0.6) is 0 Å². The Balaban J connectivity index is 2.47. The molecular weight excluding hydrogens is 260 g/mol. The number of nitro benzene ring substituents is 1. The normalized spacial score (nSPS) is 10.0. The molecule has 102 valence electrons. The average molecular weight is 272 g/mol. The maximum atomic E-state index is 10.6. The van der Waals surface area contributed by atoms with Gasteiger partial charge in [-0.2, -0.15) is 5.26 Å². The lowest BCUT2D eigenvalue weighted by Crippen LogP contribution is -2.03. The van der Waals surface area contributed by atoms with Crippen LogP contribution in [0.15, 0.2) is 24.3 Å². The summed E-state index contributed by atoms with van der Waals surface area (Å²) in [5.74, 6) is 0.586. The van der Waals surface area contributed by atoms with Crippen molar-refractivity contribution < 1.29 is 4.92 Å². The highest BCUT2D eigenvalue weighted by molar-refractivity contribution is 5.66. The summed E-state index contributed by atoms with van der Waals surface area (Å²) in [5, 5.41) is 26.8. The van der Waals surface area contributed by atoms with Crippen LogP contribution in [0.1, 0.15) is 12.5 Å². The van der Waals surface area contributed by atoms with Crippen molar-refractivity contribution in [2.45, 2.75) is 6.92 Å². The number of anilines is 2. The molecule has 0 aliphatic heterocycles. The Hall–Kier alpha value is -3.08. The minimum absolute atomic E-state index is 0.0214. The number of nitro groups is 1. The van der Waals surface area contributed by atoms with Crippen molar-refractivity contribution in [2.24, 2.45) is 0 Å². The quantitative estimate of drug-likeness (QED) is 0.644. The van der Waals surface area contributed by atoms with Crippen molar-refractivity contribution in [3.05, 3.63) is 39.9 Å². The Morgan fingerprint density at radius 1 is 1.50 bits per heavy atom. The summed E-state index contributed by atoms with van der Waals surface area (Å²) in [5.41, 5.74) is 6.66. The SMILES string of the molecule is CCNc1nn(-c2ccc([N+](=O)[O-])cc2)c(N)c1C#N. The van der Waals surface area contributed by atoms with E-state index in [0.29, 0.717) is 18.1 Å². The Morgan fingerprint density at radius 2 is 2.15 bits per heavy atom. The van der Waals surface area contributed by atoms with Gasteiger partial charge in [-0.05, 0) is 19.1 Å². The van der Waals surface area contributed by atoms with Crippen LogP contribution in [0.3, 0.4) is 0 Å². The van der Waals surface area contributed by atoms with E-state index in [1.165, 1.54) is 28.9 Å². The maximum absolute atomic E-state index is 10.6. The predicted molar refractivity (Wildman–Crippen MR) is 73.5 cm³/mol. The molecule has 8 nitrogen and oxygen atoms in total. The number of non-ortho nitro benzene ring substituents is 1. The lowest BCUT2D eigenvalue weighted by atomic mass is 10.3. The number of nitrogen functional groups attached to an aromatic ring is 1. The number of rotatable bonds is 4. The van der Waals surface area contributed by atoms with Crippen LogP contribution in [-0.2, 0) is 0 Å². The van der Waals surface area contributed by atoms with Gasteiger partial charge >= 0.3 is 0 Å². The second kappa shape index (κ2) is 5.27. The molecule has 0 spiro atoms. The fraction of sp³-hybridized carbons (Fsp3) is 0.167. The van der Waals surface area contributed by atoms with Gasteiger partial charge in [0.1, 0.15) is 17.5 Å². The van der Waals surface area contributed by atoms with Crippen molar-refractivity contribution in [3.8, 4) is 11.8 Å². The van der Waals surface area contributed by atoms with Crippen LogP contribution in [0.2, 0.25) is 0 Å². The van der Waals surface area contributed by atoms with Crippen molar-refractivity contribution in [1.29, 1.82) is 5.26 Å². The third kappa shape index (κ3) is 2.24. The van der Waals surface area contributed by atoms with Crippen molar-refractivity contribution >= 4 is 17.3 Å². The molecule has 3 N–H and O–H groups in total. The summed E-state index contributed by atoms with van der Waals surface area (Å²) in [6.07, 6.45) is 0. The maximum Gasteiger partial charge on any atom is 0.269 e. The van der Waals surface area contributed by atoms with Gasteiger partial charge in [0.2, 0.25) is 0 Å². The minimum Gasteiger partial charge on any atom is -0.382 e. The molecule has 0 bridgehead atoms. The summed E-state index contributed by atoms with van der Waals surface area (Å²) in [7, 11) is 0. The smallest absolute Gasteiger partial charge is 0.269 e. The highest BCUT2D eigenvalue weighted by Crippen LogP contribution is 2.25. The Morgan fingerprint density at radius 3 is 2.65 bits per heavy atom. The largest absolute Gasteiger partial charge is 0.382 e. The van der Waals surface area contributed by atoms with Gasteiger partial charge in [-0.3, -0.25) is 10.1 Å². The van der Waals surface area contributed by atoms with Gasteiger partial charge in [-0.15, -0.1) is 5.10 Å². The molecule has 2 rings (SSSR count). The molecule has 20 heavy (non-hydrogen) atoms. The van der Waals surface area contributed by atoms with E-state index in [9.17, 15) is 10.1 Å². The van der Waals surface area contributed by atoms with Gasteiger partial charge in [0.25, 0.3) is 5.69 Å². The van der Waals surface area contributed by atoms with Crippen LogP contribution in [0.4, 0.5) is 17.3 Å². The lowest BCUT2D eigenvalue weighted by molar-refractivity contribution is -0.384. The molecule has 0 saturated carbocycles. The zero-order chi connectivity index (χ0) is 14.7. The summed E-state index contributed by atoms with van der Waals surface area (Å²) in [6.45, 7) is 2.48. The Bertz CT molecular complexity index is 683. The van der Waals surface area contributed by atoms with E-state index >= 15 is 0 Å². The zero-order valence-corrected chi connectivity index (χ0v) is 10.7. The van der Waals surface area contributed by atoms with Gasteiger partial charge < -0.3 is 11.1 Å². The second-order valence-corrected chi connectivity index (χ2v) is 3.94. The third-order valence-electron chi connectivity index (χ3n) is 2.68. The number of hydrogen-bond acceptors (Lipinski definition) is 6. The van der Waals surface area contributed by atoms with E-state index in [1.807, 2.05) is 13.0 Å².